The first kappa shape index (κ1) is 20.7. The van der Waals surface area contributed by atoms with Crippen molar-refractivity contribution in [1.82, 2.24) is 10.2 Å². The van der Waals surface area contributed by atoms with Crippen molar-refractivity contribution in [2.24, 2.45) is 10.9 Å². The summed E-state index contributed by atoms with van der Waals surface area (Å²) in [5.41, 5.74) is 1.46. The molecule has 0 saturated carbocycles. The molecule has 1 aromatic rings. The molecule has 146 valence electrons. The fraction of sp³-hybridized carbons (Fsp3) is 0.667. The number of hydrogen-bond acceptors (Lipinski definition) is 3. The van der Waals surface area contributed by atoms with Crippen LogP contribution in [0.4, 0.5) is 0 Å². The Labute approximate surface area is 158 Å². The second-order valence-corrected chi connectivity index (χ2v) is 6.81. The molecular weight excluding hydrogens is 326 g/mol. The van der Waals surface area contributed by atoms with Gasteiger partial charge in [0.2, 0.25) is 0 Å². The first-order valence-electron chi connectivity index (χ1n) is 9.97. The fourth-order valence-electron chi connectivity index (χ4n) is 3.32. The van der Waals surface area contributed by atoms with E-state index in [1.54, 1.807) is 7.11 Å². The summed E-state index contributed by atoms with van der Waals surface area (Å²) in [6.07, 6.45) is 4.61. The molecule has 26 heavy (non-hydrogen) atoms. The van der Waals surface area contributed by atoms with E-state index in [-0.39, 0.29) is 0 Å². The van der Waals surface area contributed by atoms with Gasteiger partial charge >= 0.3 is 0 Å². The second kappa shape index (κ2) is 12.7. The van der Waals surface area contributed by atoms with Crippen LogP contribution in [0.15, 0.2) is 35.3 Å². The maximum absolute atomic E-state index is 5.50. The lowest BCUT2D eigenvalue weighted by atomic mass is 9.90. The monoisotopic (exact) mass is 361 g/mol. The number of methoxy groups -OCH3 is 1. The highest BCUT2D eigenvalue weighted by Crippen LogP contribution is 2.21. The Morgan fingerprint density at radius 2 is 1.92 bits per heavy atom. The maximum atomic E-state index is 5.50. The number of aliphatic imine (C=N–C) groups is 1. The minimum atomic E-state index is 0.657. The van der Waals surface area contributed by atoms with Crippen LogP contribution in [0.2, 0.25) is 0 Å². The molecular formula is C21H35N3O2. The van der Waals surface area contributed by atoms with E-state index in [0.29, 0.717) is 13.2 Å². The van der Waals surface area contributed by atoms with Gasteiger partial charge in [-0.3, -0.25) is 4.99 Å². The molecule has 1 heterocycles. The van der Waals surface area contributed by atoms with Gasteiger partial charge < -0.3 is 19.7 Å². The lowest BCUT2D eigenvalue weighted by Crippen LogP contribution is -2.46. The van der Waals surface area contributed by atoms with E-state index in [4.69, 9.17) is 14.5 Å². The molecule has 0 spiro atoms. The Bertz CT molecular complexity index is 499. The number of nitrogens with zero attached hydrogens (tertiary/aromatic N) is 2. The van der Waals surface area contributed by atoms with Gasteiger partial charge in [0.05, 0.1) is 13.2 Å². The highest BCUT2D eigenvalue weighted by Gasteiger charge is 2.21. The summed E-state index contributed by atoms with van der Waals surface area (Å²) < 4.78 is 10.5. The molecule has 1 aliphatic heterocycles. The molecule has 1 N–H and O–H groups in total. The molecule has 0 radical (unpaired) electrons. The van der Waals surface area contributed by atoms with Crippen LogP contribution in [0.5, 0.6) is 0 Å². The summed E-state index contributed by atoms with van der Waals surface area (Å²) in [4.78, 5) is 7.20. The number of benzene rings is 1. The minimum Gasteiger partial charge on any atom is -0.382 e. The van der Waals surface area contributed by atoms with E-state index in [2.05, 4.69) is 47.5 Å². The van der Waals surface area contributed by atoms with Gasteiger partial charge in [-0.25, -0.2) is 0 Å². The SMILES string of the molecule is CCNC(=NCCCOCCOC)N1CCC(Cc2ccccc2)CC1. The predicted molar refractivity (Wildman–Crippen MR) is 108 cm³/mol. The molecule has 5 nitrogen and oxygen atoms in total. The molecule has 0 unspecified atom stereocenters. The van der Waals surface area contributed by atoms with Gasteiger partial charge in [-0.1, -0.05) is 30.3 Å². The largest absolute Gasteiger partial charge is 0.382 e. The summed E-state index contributed by atoms with van der Waals surface area (Å²) >= 11 is 0. The van der Waals surface area contributed by atoms with Crippen molar-refractivity contribution in [1.29, 1.82) is 0 Å². The van der Waals surface area contributed by atoms with Gasteiger partial charge in [-0.05, 0) is 44.1 Å². The Balaban J connectivity index is 1.71. The fourth-order valence-corrected chi connectivity index (χ4v) is 3.32. The van der Waals surface area contributed by atoms with Gasteiger partial charge in [0, 0.05) is 39.9 Å². The van der Waals surface area contributed by atoms with Crippen molar-refractivity contribution in [2.75, 3.05) is 53.1 Å². The van der Waals surface area contributed by atoms with Crippen LogP contribution >= 0.6 is 0 Å². The third-order valence-electron chi connectivity index (χ3n) is 4.76. The average molecular weight is 362 g/mol. The Hall–Kier alpha value is -1.59. The van der Waals surface area contributed by atoms with Crippen molar-refractivity contribution >= 4 is 5.96 Å². The highest BCUT2D eigenvalue weighted by molar-refractivity contribution is 5.80. The number of guanidine groups is 1. The predicted octanol–water partition coefficient (Wildman–Crippen LogP) is 2.96. The molecule has 1 fully saturated rings. The molecule has 1 saturated heterocycles. The number of piperidine rings is 1. The molecule has 0 bridgehead atoms. The number of likely N-dealkylation sites (tertiary alicyclic amines) is 1. The molecule has 0 atom stereocenters. The molecule has 1 aromatic carbocycles. The second-order valence-electron chi connectivity index (χ2n) is 6.81. The van der Waals surface area contributed by atoms with Gasteiger partial charge in [0.1, 0.15) is 0 Å². The first-order chi connectivity index (χ1) is 12.8. The smallest absolute Gasteiger partial charge is 0.193 e. The summed E-state index contributed by atoms with van der Waals surface area (Å²) in [5, 5.41) is 3.44. The lowest BCUT2D eigenvalue weighted by molar-refractivity contribution is 0.0702. The van der Waals surface area contributed by atoms with Crippen LogP contribution in [-0.2, 0) is 15.9 Å². The van der Waals surface area contributed by atoms with E-state index < -0.39 is 0 Å². The number of nitrogens with one attached hydrogen (secondary N) is 1. The average Bonchev–Trinajstić information content (AvgIpc) is 2.68. The quantitative estimate of drug-likeness (QED) is 0.395. The molecule has 1 aliphatic rings. The number of rotatable bonds is 10. The molecule has 0 aliphatic carbocycles. The third-order valence-corrected chi connectivity index (χ3v) is 4.76. The van der Waals surface area contributed by atoms with Crippen molar-refractivity contribution in [3.63, 3.8) is 0 Å². The number of ether oxygens (including phenoxy) is 2. The zero-order valence-corrected chi connectivity index (χ0v) is 16.5. The Morgan fingerprint density at radius 1 is 1.15 bits per heavy atom. The molecule has 5 heteroatoms. The normalized spacial score (nSPS) is 16.1. The van der Waals surface area contributed by atoms with Crippen molar-refractivity contribution < 1.29 is 9.47 Å². The Morgan fingerprint density at radius 3 is 2.62 bits per heavy atom. The van der Waals surface area contributed by atoms with Crippen LogP contribution in [0.1, 0.15) is 31.7 Å². The lowest BCUT2D eigenvalue weighted by Gasteiger charge is -2.34. The van der Waals surface area contributed by atoms with E-state index >= 15 is 0 Å². The molecule has 0 amide bonds. The van der Waals surface area contributed by atoms with Crippen molar-refractivity contribution in [3.8, 4) is 0 Å². The van der Waals surface area contributed by atoms with E-state index in [1.807, 2.05) is 0 Å². The zero-order valence-electron chi connectivity index (χ0n) is 16.5. The van der Waals surface area contributed by atoms with Gasteiger partial charge in [-0.15, -0.1) is 0 Å². The summed E-state index contributed by atoms with van der Waals surface area (Å²) in [5.74, 6) is 1.84. The van der Waals surface area contributed by atoms with Crippen LogP contribution in [0.3, 0.4) is 0 Å². The van der Waals surface area contributed by atoms with Crippen molar-refractivity contribution in [2.45, 2.75) is 32.6 Å². The van der Waals surface area contributed by atoms with Gasteiger partial charge in [-0.2, -0.15) is 0 Å². The maximum Gasteiger partial charge on any atom is 0.193 e. The van der Waals surface area contributed by atoms with Crippen LogP contribution in [-0.4, -0.2) is 64.0 Å². The van der Waals surface area contributed by atoms with Gasteiger partial charge in [0.15, 0.2) is 5.96 Å². The Kier molecular flexibility index (Phi) is 10.1. The van der Waals surface area contributed by atoms with Crippen molar-refractivity contribution in [3.05, 3.63) is 35.9 Å². The highest BCUT2D eigenvalue weighted by atomic mass is 16.5. The zero-order chi connectivity index (χ0) is 18.5. The summed E-state index contributed by atoms with van der Waals surface area (Å²) in [6, 6.07) is 10.9. The first-order valence-corrected chi connectivity index (χ1v) is 9.97. The van der Waals surface area contributed by atoms with E-state index in [1.165, 1.54) is 24.8 Å². The van der Waals surface area contributed by atoms with Crippen LogP contribution in [0, 0.1) is 5.92 Å². The third kappa shape index (κ3) is 7.75. The minimum absolute atomic E-state index is 0.657. The topological polar surface area (TPSA) is 46.1 Å². The van der Waals surface area contributed by atoms with Crippen LogP contribution < -0.4 is 5.32 Å². The van der Waals surface area contributed by atoms with Crippen LogP contribution in [0.25, 0.3) is 0 Å². The van der Waals surface area contributed by atoms with E-state index in [9.17, 15) is 0 Å². The van der Waals surface area contributed by atoms with E-state index in [0.717, 1.165) is 51.1 Å². The molecule has 0 aromatic heterocycles. The summed E-state index contributed by atoms with van der Waals surface area (Å²) in [7, 11) is 1.69. The van der Waals surface area contributed by atoms with Gasteiger partial charge in [0.25, 0.3) is 0 Å². The summed E-state index contributed by atoms with van der Waals surface area (Å²) in [6.45, 7) is 8.09. The molecule has 2 rings (SSSR count). The standard InChI is InChI=1S/C21H35N3O2/c1-3-22-21(23-12-7-15-26-17-16-25-2)24-13-10-20(11-14-24)18-19-8-5-4-6-9-19/h4-6,8-9,20H,3,7,10-18H2,1-2H3,(H,22,23). The number of hydrogen-bond donors (Lipinski definition) is 1.